The summed E-state index contributed by atoms with van der Waals surface area (Å²) in [4.78, 5) is 0. The predicted octanol–water partition coefficient (Wildman–Crippen LogP) is 4.78. The Hall–Kier alpha value is -3.77. The summed E-state index contributed by atoms with van der Waals surface area (Å²) in [5.74, 6) is 2.45. The van der Waals surface area contributed by atoms with E-state index >= 15 is 0 Å². The fourth-order valence-electron chi connectivity index (χ4n) is 5.40. The van der Waals surface area contributed by atoms with Crippen LogP contribution >= 0.6 is 0 Å². The van der Waals surface area contributed by atoms with Crippen molar-refractivity contribution in [3.05, 3.63) is 77.0 Å². The third kappa shape index (κ3) is 3.91. The summed E-state index contributed by atoms with van der Waals surface area (Å²) in [7, 11) is 1.70. The van der Waals surface area contributed by atoms with Gasteiger partial charge in [-0.05, 0) is 48.7 Å². The number of ether oxygens (including phenoxy) is 3. The highest BCUT2D eigenvalue weighted by atomic mass is 16.7. The molecular weight excluding hydrogens is 452 g/mol. The van der Waals surface area contributed by atoms with E-state index in [2.05, 4.69) is 65.5 Å². The first-order valence-corrected chi connectivity index (χ1v) is 12.6. The second-order valence-corrected chi connectivity index (χ2v) is 9.53. The van der Waals surface area contributed by atoms with Crippen molar-refractivity contribution in [1.82, 2.24) is 0 Å². The maximum Gasteiger partial charge on any atom is 0.231 e. The summed E-state index contributed by atoms with van der Waals surface area (Å²) in [6, 6.07) is 17.3. The minimum Gasteiger partial charge on any atom is -0.495 e. The van der Waals surface area contributed by atoms with Crippen molar-refractivity contribution >= 4 is 16.5 Å². The standard InChI is InChI=1S/C30H30N2O4/c1-19-4-6-20(7-5-19)14-24-22-8-9-26(34-2)29(31-11-3-13-33)25(22)17-32-12-10-21-15-27-28(36-18-35-27)16-23(21)30(24)32/h4-9,15-17,33H,3,10-14,18H2,1-2H3/p+1. The van der Waals surface area contributed by atoms with E-state index in [0.717, 1.165) is 47.7 Å². The van der Waals surface area contributed by atoms with E-state index in [1.807, 2.05) is 6.07 Å². The van der Waals surface area contributed by atoms with Gasteiger partial charge in [0, 0.05) is 36.9 Å². The van der Waals surface area contributed by atoms with Crippen molar-refractivity contribution in [2.75, 3.05) is 32.4 Å². The van der Waals surface area contributed by atoms with Gasteiger partial charge < -0.3 is 24.6 Å². The second-order valence-electron chi connectivity index (χ2n) is 9.53. The molecule has 6 nitrogen and oxygen atoms in total. The molecule has 1 aromatic heterocycles. The molecule has 0 saturated heterocycles. The lowest BCUT2D eigenvalue weighted by molar-refractivity contribution is -0.686. The van der Waals surface area contributed by atoms with Crippen LogP contribution < -0.4 is 24.1 Å². The van der Waals surface area contributed by atoms with Crippen molar-refractivity contribution in [3.63, 3.8) is 0 Å². The molecule has 0 bridgehead atoms. The lowest BCUT2D eigenvalue weighted by atomic mass is 9.88. The van der Waals surface area contributed by atoms with Crippen LogP contribution in [0.4, 0.5) is 5.69 Å². The molecule has 2 N–H and O–H groups in total. The zero-order valence-electron chi connectivity index (χ0n) is 20.8. The molecule has 2 aliphatic heterocycles. The van der Waals surface area contributed by atoms with Crippen LogP contribution in [0.2, 0.25) is 0 Å². The van der Waals surface area contributed by atoms with E-state index in [1.54, 1.807) is 7.11 Å². The van der Waals surface area contributed by atoms with Gasteiger partial charge in [0.2, 0.25) is 12.5 Å². The number of nitrogens with one attached hydrogen (secondary N) is 1. The van der Waals surface area contributed by atoms with Crippen LogP contribution in [0, 0.1) is 6.92 Å². The normalized spacial score (nSPS) is 13.4. The highest BCUT2D eigenvalue weighted by Gasteiger charge is 2.32. The van der Waals surface area contributed by atoms with E-state index in [-0.39, 0.29) is 13.4 Å². The van der Waals surface area contributed by atoms with Gasteiger partial charge in [-0.1, -0.05) is 29.8 Å². The zero-order chi connectivity index (χ0) is 24.6. The zero-order valence-corrected chi connectivity index (χ0v) is 20.8. The number of rotatable bonds is 7. The lowest BCUT2D eigenvalue weighted by Crippen LogP contribution is -2.41. The number of nitrogens with zero attached hydrogens (tertiary/aromatic N) is 1. The Morgan fingerprint density at radius 1 is 1.03 bits per heavy atom. The number of hydrogen-bond acceptors (Lipinski definition) is 5. The largest absolute Gasteiger partial charge is 0.495 e. The van der Waals surface area contributed by atoms with Gasteiger partial charge in [-0.25, -0.2) is 0 Å². The molecule has 6 heteroatoms. The number of aromatic nitrogens is 1. The lowest BCUT2D eigenvalue weighted by Gasteiger charge is -2.22. The van der Waals surface area contributed by atoms with Crippen molar-refractivity contribution in [3.8, 4) is 28.5 Å². The van der Waals surface area contributed by atoms with E-state index in [4.69, 9.17) is 14.2 Å². The average molecular weight is 484 g/mol. The van der Waals surface area contributed by atoms with Gasteiger partial charge in [-0.3, -0.25) is 0 Å². The smallest absolute Gasteiger partial charge is 0.231 e. The van der Waals surface area contributed by atoms with Crippen LogP contribution in [0.15, 0.2) is 54.7 Å². The molecule has 36 heavy (non-hydrogen) atoms. The quantitative estimate of drug-likeness (QED) is 0.293. The minimum atomic E-state index is 0.149. The average Bonchev–Trinajstić information content (AvgIpc) is 3.36. The number of anilines is 1. The number of benzene rings is 3. The summed E-state index contributed by atoms with van der Waals surface area (Å²) in [6.45, 7) is 4.10. The van der Waals surface area contributed by atoms with Crippen LogP contribution in [0.5, 0.6) is 17.2 Å². The summed E-state index contributed by atoms with van der Waals surface area (Å²) < 4.78 is 19.6. The minimum absolute atomic E-state index is 0.149. The molecule has 0 amide bonds. The molecule has 0 atom stereocenters. The number of aliphatic hydroxyl groups is 1. The highest BCUT2D eigenvalue weighted by Crippen LogP contribution is 2.43. The summed E-state index contributed by atoms with van der Waals surface area (Å²) in [5, 5.41) is 15.2. The van der Waals surface area contributed by atoms with Crippen LogP contribution in [-0.4, -0.2) is 32.2 Å². The van der Waals surface area contributed by atoms with E-state index < -0.39 is 0 Å². The maximum atomic E-state index is 9.33. The Morgan fingerprint density at radius 3 is 2.61 bits per heavy atom. The highest BCUT2D eigenvalue weighted by molar-refractivity contribution is 6.00. The Labute approximate surface area is 211 Å². The molecule has 3 aromatic carbocycles. The van der Waals surface area contributed by atoms with Crippen molar-refractivity contribution in [1.29, 1.82) is 0 Å². The van der Waals surface area contributed by atoms with Crippen molar-refractivity contribution in [2.24, 2.45) is 0 Å². The number of methoxy groups -OCH3 is 1. The molecule has 0 fully saturated rings. The van der Waals surface area contributed by atoms with Crippen molar-refractivity contribution < 1.29 is 23.9 Å². The number of pyridine rings is 1. The van der Waals surface area contributed by atoms with Crippen LogP contribution in [0.25, 0.3) is 22.0 Å². The van der Waals surface area contributed by atoms with E-state index in [1.165, 1.54) is 38.9 Å². The first kappa shape index (κ1) is 22.7. The summed E-state index contributed by atoms with van der Waals surface area (Å²) in [5.41, 5.74) is 8.51. The third-order valence-electron chi connectivity index (χ3n) is 7.22. The first-order valence-electron chi connectivity index (χ1n) is 12.6. The first-order chi connectivity index (χ1) is 17.7. The number of aliphatic hydroxyl groups excluding tert-OH is 1. The second kappa shape index (κ2) is 9.36. The van der Waals surface area contributed by atoms with Crippen LogP contribution in [0.3, 0.4) is 0 Å². The van der Waals surface area contributed by atoms with Gasteiger partial charge >= 0.3 is 0 Å². The van der Waals surface area contributed by atoms with Crippen molar-refractivity contribution in [2.45, 2.75) is 32.7 Å². The Balaban J connectivity index is 1.60. The predicted molar refractivity (Wildman–Crippen MR) is 140 cm³/mol. The molecule has 0 spiro atoms. The van der Waals surface area contributed by atoms with E-state index in [0.29, 0.717) is 13.0 Å². The molecule has 4 aromatic rings. The fourth-order valence-corrected chi connectivity index (χ4v) is 5.40. The van der Waals surface area contributed by atoms with Gasteiger partial charge in [0.1, 0.15) is 5.75 Å². The number of hydrogen-bond donors (Lipinski definition) is 2. The van der Waals surface area contributed by atoms with Gasteiger partial charge in [-0.15, -0.1) is 0 Å². The fraction of sp³-hybridized carbons (Fsp3) is 0.300. The molecule has 0 aliphatic carbocycles. The molecular formula is C30H31N2O4+. The van der Waals surface area contributed by atoms with Gasteiger partial charge in [0.25, 0.3) is 0 Å². The molecule has 3 heterocycles. The molecule has 184 valence electrons. The van der Waals surface area contributed by atoms with E-state index in [9.17, 15) is 5.11 Å². The SMILES string of the molecule is COc1ccc2c(Cc3ccc(C)cc3)c3[n+](cc2c1NCCCO)CCc1cc2c(cc1-3)OCO2. The number of fused-ring (bicyclic) bond motifs is 5. The summed E-state index contributed by atoms with van der Waals surface area (Å²) >= 11 is 0. The Kier molecular flexibility index (Phi) is 5.89. The Bertz CT molecular complexity index is 1450. The summed E-state index contributed by atoms with van der Waals surface area (Å²) in [6.07, 6.45) is 4.66. The van der Waals surface area contributed by atoms with Gasteiger partial charge in [0.05, 0.1) is 23.7 Å². The van der Waals surface area contributed by atoms with Crippen LogP contribution in [-0.2, 0) is 19.4 Å². The maximum absolute atomic E-state index is 9.33. The molecule has 6 rings (SSSR count). The molecule has 0 unspecified atom stereocenters. The third-order valence-corrected chi connectivity index (χ3v) is 7.22. The Morgan fingerprint density at radius 2 is 1.83 bits per heavy atom. The molecule has 2 aliphatic rings. The van der Waals surface area contributed by atoms with Gasteiger partial charge in [0.15, 0.2) is 24.2 Å². The molecule has 0 radical (unpaired) electrons. The number of aryl methyl sites for hydroxylation is 3. The van der Waals surface area contributed by atoms with Crippen LogP contribution in [0.1, 0.15) is 28.7 Å². The molecule has 0 saturated carbocycles. The topological polar surface area (TPSA) is 63.8 Å². The van der Waals surface area contributed by atoms with Gasteiger partial charge in [-0.2, -0.15) is 4.57 Å². The monoisotopic (exact) mass is 483 g/mol.